The Kier molecular flexibility index (Phi) is 2.33. The van der Waals surface area contributed by atoms with Crippen LogP contribution in [0, 0.1) is 4.77 Å². The van der Waals surface area contributed by atoms with Crippen LogP contribution >= 0.6 is 12.2 Å². The lowest BCUT2D eigenvalue weighted by molar-refractivity contribution is 0.671. The molecule has 1 aromatic carbocycles. The van der Waals surface area contributed by atoms with Crippen LogP contribution < -0.4 is 0 Å². The highest BCUT2D eigenvalue weighted by Gasteiger charge is 2.06. The van der Waals surface area contributed by atoms with Gasteiger partial charge < -0.3 is 9.55 Å². The average molecular weight is 244 g/mol. The molecule has 0 unspecified atom stereocenters. The Hall–Kier alpha value is -1.88. The average Bonchev–Trinajstić information content (AvgIpc) is 2.85. The van der Waals surface area contributed by atoms with E-state index in [2.05, 4.69) is 20.7 Å². The zero-order valence-electron chi connectivity index (χ0n) is 9.42. The van der Waals surface area contributed by atoms with Crippen molar-refractivity contribution in [2.75, 3.05) is 0 Å². The first-order valence-corrected chi connectivity index (χ1v) is 5.81. The molecule has 1 N–H and O–H groups in total. The summed E-state index contributed by atoms with van der Waals surface area (Å²) in [5.74, 6) is 0. The van der Waals surface area contributed by atoms with Crippen molar-refractivity contribution >= 4 is 23.3 Å². The van der Waals surface area contributed by atoms with E-state index in [9.17, 15) is 0 Å². The predicted molar refractivity (Wildman–Crippen MR) is 69.4 cm³/mol. The SMILES string of the molecule is Cn1nccc1Cn1c(=S)[nH]c2ccccc21. The van der Waals surface area contributed by atoms with E-state index in [1.807, 2.05) is 36.0 Å². The Morgan fingerprint density at radius 3 is 2.88 bits per heavy atom. The van der Waals surface area contributed by atoms with Crippen molar-refractivity contribution in [2.24, 2.45) is 7.05 Å². The first kappa shape index (κ1) is 10.3. The summed E-state index contributed by atoms with van der Waals surface area (Å²) >= 11 is 5.35. The van der Waals surface area contributed by atoms with Crippen LogP contribution in [0.25, 0.3) is 11.0 Å². The highest BCUT2D eigenvalue weighted by molar-refractivity contribution is 7.71. The standard InChI is InChI=1S/C12H12N4S/c1-15-9(6-7-13-15)8-16-11-5-3-2-4-10(11)14-12(16)17/h2-7H,8H2,1H3,(H,14,17). The van der Waals surface area contributed by atoms with Crippen LogP contribution in [0.4, 0.5) is 0 Å². The lowest BCUT2D eigenvalue weighted by Crippen LogP contribution is -2.05. The highest BCUT2D eigenvalue weighted by Crippen LogP contribution is 2.15. The first-order valence-electron chi connectivity index (χ1n) is 5.40. The van der Waals surface area contributed by atoms with E-state index in [1.54, 1.807) is 6.20 Å². The second-order valence-corrected chi connectivity index (χ2v) is 4.37. The van der Waals surface area contributed by atoms with E-state index in [1.165, 1.54) is 0 Å². The van der Waals surface area contributed by atoms with Gasteiger partial charge in [-0.05, 0) is 30.4 Å². The number of fused-ring (bicyclic) bond motifs is 1. The van der Waals surface area contributed by atoms with E-state index in [4.69, 9.17) is 12.2 Å². The zero-order valence-corrected chi connectivity index (χ0v) is 10.2. The van der Waals surface area contributed by atoms with E-state index < -0.39 is 0 Å². The van der Waals surface area contributed by atoms with Gasteiger partial charge >= 0.3 is 0 Å². The van der Waals surface area contributed by atoms with Crippen molar-refractivity contribution in [3.05, 3.63) is 47.0 Å². The predicted octanol–water partition coefficient (Wildman–Crippen LogP) is 2.48. The topological polar surface area (TPSA) is 38.5 Å². The molecule has 3 aromatic rings. The summed E-state index contributed by atoms with van der Waals surface area (Å²) in [5, 5.41) is 4.17. The van der Waals surface area contributed by atoms with E-state index in [0.29, 0.717) is 0 Å². The molecule has 5 heteroatoms. The highest BCUT2D eigenvalue weighted by atomic mass is 32.1. The van der Waals surface area contributed by atoms with Gasteiger partial charge in [-0.2, -0.15) is 5.10 Å². The maximum absolute atomic E-state index is 5.35. The Bertz CT molecular complexity index is 719. The lowest BCUT2D eigenvalue weighted by atomic mass is 10.3. The monoisotopic (exact) mass is 244 g/mol. The third kappa shape index (κ3) is 1.68. The third-order valence-electron chi connectivity index (χ3n) is 2.92. The van der Waals surface area contributed by atoms with Crippen LogP contribution in [-0.4, -0.2) is 19.3 Å². The minimum atomic E-state index is 0.735. The smallest absolute Gasteiger partial charge is 0.178 e. The molecule has 0 amide bonds. The second kappa shape index (κ2) is 3.85. The van der Waals surface area contributed by atoms with Crippen molar-refractivity contribution in [1.82, 2.24) is 19.3 Å². The van der Waals surface area contributed by atoms with Crippen molar-refractivity contribution in [3.63, 3.8) is 0 Å². The fraction of sp³-hybridized carbons (Fsp3) is 0.167. The molecule has 0 fully saturated rings. The van der Waals surface area contributed by atoms with Crippen LogP contribution in [0.15, 0.2) is 36.5 Å². The molecule has 0 aliphatic heterocycles. The van der Waals surface area contributed by atoms with Gasteiger partial charge in [-0.1, -0.05) is 12.1 Å². The summed E-state index contributed by atoms with van der Waals surface area (Å²) in [6.07, 6.45) is 1.80. The number of nitrogens with one attached hydrogen (secondary N) is 1. The Morgan fingerprint density at radius 2 is 2.12 bits per heavy atom. The molecule has 0 radical (unpaired) electrons. The number of aromatic amines is 1. The quantitative estimate of drug-likeness (QED) is 0.703. The summed E-state index contributed by atoms with van der Waals surface area (Å²) in [6, 6.07) is 10.1. The number of benzene rings is 1. The van der Waals surface area contributed by atoms with Crippen LogP contribution in [0.2, 0.25) is 0 Å². The molecule has 2 heterocycles. The number of aromatic nitrogens is 4. The fourth-order valence-electron chi connectivity index (χ4n) is 1.98. The molecular weight excluding hydrogens is 232 g/mol. The number of nitrogens with zero attached hydrogens (tertiary/aromatic N) is 3. The van der Waals surface area contributed by atoms with Crippen molar-refractivity contribution in [2.45, 2.75) is 6.54 Å². The molecule has 0 atom stereocenters. The molecule has 0 spiro atoms. The molecule has 2 aromatic heterocycles. The minimum absolute atomic E-state index is 0.735. The van der Waals surface area contributed by atoms with Gasteiger partial charge in [0.15, 0.2) is 4.77 Å². The fourth-order valence-corrected chi connectivity index (χ4v) is 2.26. The third-order valence-corrected chi connectivity index (χ3v) is 3.25. The lowest BCUT2D eigenvalue weighted by Gasteiger charge is -2.04. The van der Waals surface area contributed by atoms with Gasteiger partial charge in [0.1, 0.15) is 0 Å². The Morgan fingerprint density at radius 1 is 1.29 bits per heavy atom. The van der Waals surface area contributed by atoms with Crippen molar-refractivity contribution < 1.29 is 0 Å². The normalized spacial score (nSPS) is 11.1. The number of hydrogen-bond donors (Lipinski definition) is 1. The number of aryl methyl sites for hydroxylation is 1. The molecule has 4 nitrogen and oxygen atoms in total. The van der Waals surface area contributed by atoms with Gasteiger partial charge in [-0.25, -0.2) is 0 Å². The summed E-state index contributed by atoms with van der Waals surface area (Å²) in [4.78, 5) is 3.21. The number of hydrogen-bond acceptors (Lipinski definition) is 2. The van der Waals surface area contributed by atoms with Gasteiger partial charge in [0, 0.05) is 13.2 Å². The van der Waals surface area contributed by atoms with Gasteiger partial charge in [0.2, 0.25) is 0 Å². The van der Waals surface area contributed by atoms with Crippen LogP contribution in [0.5, 0.6) is 0 Å². The van der Waals surface area contributed by atoms with Crippen LogP contribution in [0.1, 0.15) is 5.69 Å². The molecule has 0 bridgehead atoms. The molecule has 0 aliphatic carbocycles. The van der Waals surface area contributed by atoms with E-state index in [-0.39, 0.29) is 0 Å². The summed E-state index contributed by atoms with van der Waals surface area (Å²) in [5.41, 5.74) is 3.32. The number of imidazole rings is 1. The molecule has 0 aliphatic rings. The maximum atomic E-state index is 5.35. The minimum Gasteiger partial charge on any atom is -0.331 e. The largest absolute Gasteiger partial charge is 0.331 e. The molecule has 0 saturated heterocycles. The molecular formula is C12H12N4S. The summed E-state index contributed by atoms with van der Waals surface area (Å²) in [6.45, 7) is 0.735. The van der Waals surface area contributed by atoms with Crippen LogP contribution in [0.3, 0.4) is 0 Å². The molecule has 17 heavy (non-hydrogen) atoms. The number of H-pyrrole nitrogens is 1. The van der Waals surface area contributed by atoms with Gasteiger partial charge in [0.25, 0.3) is 0 Å². The zero-order chi connectivity index (χ0) is 11.8. The molecule has 3 rings (SSSR count). The van der Waals surface area contributed by atoms with E-state index in [0.717, 1.165) is 28.0 Å². The molecule has 0 saturated carbocycles. The van der Waals surface area contributed by atoms with Gasteiger partial charge in [0.05, 0.1) is 23.3 Å². The van der Waals surface area contributed by atoms with E-state index >= 15 is 0 Å². The second-order valence-electron chi connectivity index (χ2n) is 3.98. The first-order chi connectivity index (χ1) is 8.25. The number of rotatable bonds is 2. The van der Waals surface area contributed by atoms with Gasteiger partial charge in [-0.3, -0.25) is 4.68 Å². The molecule has 86 valence electrons. The Balaban J connectivity index is 2.15. The summed E-state index contributed by atoms with van der Waals surface area (Å²) < 4.78 is 4.69. The summed E-state index contributed by atoms with van der Waals surface area (Å²) in [7, 11) is 1.94. The van der Waals surface area contributed by atoms with Crippen molar-refractivity contribution in [1.29, 1.82) is 0 Å². The Labute approximate surface area is 104 Å². The van der Waals surface area contributed by atoms with Crippen molar-refractivity contribution in [3.8, 4) is 0 Å². The van der Waals surface area contributed by atoms with Crippen LogP contribution in [-0.2, 0) is 13.6 Å². The number of para-hydroxylation sites is 2. The van der Waals surface area contributed by atoms with Gasteiger partial charge in [-0.15, -0.1) is 0 Å². The maximum Gasteiger partial charge on any atom is 0.178 e.